The summed E-state index contributed by atoms with van der Waals surface area (Å²) in [6, 6.07) is 22.9. The van der Waals surface area contributed by atoms with Gasteiger partial charge in [-0.05, 0) is 53.2 Å². The van der Waals surface area contributed by atoms with Crippen molar-refractivity contribution in [3.63, 3.8) is 0 Å². The minimum Gasteiger partial charge on any atom is -0.446 e. The van der Waals surface area contributed by atoms with Gasteiger partial charge in [0.15, 0.2) is 0 Å². The monoisotopic (exact) mass is 511 g/mol. The van der Waals surface area contributed by atoms with Crippen molar-refractivity contribution in [2.45, 2.75) is 20.1 Å². The average Bonchev–Trinajstić information content (AvgIpc) is 3.34. The van der Waals surface area contributed by atoms with Crippen molar-refractivity contribution in [3.05, 3.63) is 107 Å². The number of nitrogens with zero attached hydrogens (tertiary/aromatic N) is 2. The summed E-state index contributed by atoms with van der Waals surface area (Å²) < 4.78 is 24.8. The van der Waals surface area contributed by atoms with Crippen molar-refractivity contribution in [1.29, 1.82) is 0 Å². The Hall–Kier alpha value is -5.05. The zero-order chi connectivity index (χ0) is 26.8. The number of fused-ring (bicyclic) bond motifs is 1. The molecule has 4 aromatic rings. The maximum Gasteiger partial charge on any atom is 0.308 e. The molecular weight excluding hydrogens is 489 g/mol. The minimum absolute atomic E-state index is 0.131. The van der Waals surface area contributed by atoms with Crippen molar-refractivity contribution < 1.29 is 28.2 Å². The van der Waals surface area contributed by atoms with Gasteiger partial charge >= 0.3 is 5.97 Å². The smallest absolute Gasteiger partial charge is 0.308 e. The average molecular weight is 512 g/mol. The van der Waals surface area contributed by atoms with Crippen LogP contribution < -0.4 is 10.1 Å². The first-order chi connectivity index (χ1) is 18.3. The van der Waals surface area contributed by atoms with E-state index in [0.717, 1.165) is 10.8 Å². The summed E-state index contributed by atoms with van der Waals surface area (Å²) in [6.07, 6.45) is -0.881. The van der Waals surface area contributed by atoms with Crippen molar-refractivity contribution in [3.8, 4) is 5.75 Å². The fraction of sp³-hybridized carbons (Fsp3) is 0.103. The van der Waals surface area contributed by atoms with Crippen molar-refractivity contribution in [2.75, 3.05) is 5.32 Å². The van der Waals surface area contributed by atoms with Gasteiger partial charge < -0.3 is 14.8 Å². The molecule has 0 aromatic heterocycles. The van der Waals surface area contributed by atoms with Gasteiger partial charge in [0.25, 0.3) is 5.91 Å². The van der Waals surface area contributed by atoms with Crippen LogP contribution in [0.2, 0.25) is 0 Å². The van der Waals surface area contributed by atoms with E-state index >= 15 is 0 Å². The Morgan fingerprint density at radius 2 is 1.63 bits per heavy atom. The van der Waals surface area contributed by atoms with E-state index in [0.29, 0.717) is 22.4 Å². The number of esters is 1. The standard InChI is InChI=1S/C29H22FN3O5/c1-17(34)33-29(21-9-14-23(15-10-21)31-27(36)20-7-12-22(30)13-8-20)38-28(32-33)26-24-6-4-3-5-19(24)11-16-25(26)37-18(2)35/h3-16,29H,1-2H3,(H,31,36). The fourth-order valence-corrected chi connectivity index (χ4v) is 4.13. The van der Waals surface area contributed by atoms with Crippen LogP contribution in [-0.2, 0) is 14.3 Å². The number of ether oxygens (including phenoxy) is 2. The van der Waals surface area contributed by atoms with E-state index in [1.54, 1.807) is 30.3 Å². The molecule has 1 aliphatic rings. The molecule has 0 bridgehead atoms. The quantitative estimate of drug-likeness (QED) is 0.286. The maximum absolute atomic E-state index is 13.1. The molecule has 0 fully saturated rings. The number of carbonyl (C=O) groups excluding carboxylic acids is 3. The number of rotatable bonds is 5. The van der Waals surface area contributed by atoms with E-state index in [-0.39, 0.29) is 23.5 Å². The highest BCUT2D eigenvalue weighted by molar-refractivity contribution is 6.10. The lowest BCUT2D eigenvalue weighted by Gasteiger charge is -2.20. The number of anilines is 1. The van der Waals surface area contributed by atoms with Crippen LogP contribution in [0.3, 0.4) is 0 Å². The Kier molecular flexibility index (Phi) is 6.57. The van der Waals surface area contributed by atoms with E-state index in [2.05, 4.69) is 10.4 Å². The lowest BCUT2D eigenvalue weighted by molar-refractivity contribution is -0.135. The van der Waals surface area contributed by atoms with Crippen LogP contribution in [0.5, 0.6) is 5.75 Å². The number of hydrazone groups is 1. The molecule has 5 rings (SSSR count). The molecule has 1 aliphatic heterocycles. The second-order valence-electron chi connectivity index (χ2n) is 8.58. The number of hydrogen-bond acceptors (Lipinski definition) is 6. The van der Waals surface area contributed by atoms with Gasteiger partial charge in [0.05, 0.1) is 5.56 Å². The van der Waals surface area contributed by atoms with Crippen LogP contribution in [-0.4, -0.2) is 28.7 Å². The Labute approximate surface area is 217 Å². The lowest BCUT2D eigenvalue weighted by Crippen LogP contribution is -2.25. The summed E-state index contributed by atoms with van der Waals surface area (Å²) in [7, 11) is 0. The van der Waals surface area contributed by atoms with Gasteiger partial charge in [-0.15, -0.1) is 5.10 Å². The van der Waals surface area contributed by atoms with Crippen molar-refractivity contribution >= 4 is 40.1 Å². The van der Waals surface area contributed by atoms with E-state index in [9.17, 15) is 18.8 Å². The molecule has 2 amide bonds. The predicted molar refractivity (Wildman–Crippen MR) is 139 cm³/mol. The number of hydrogen-bond donors (Lipinski definition) is 1. The van der Waals surface area contributed by atoms with Gasteiger partial charge in [-0.1, -0.05) is 42.5 Å². The van der Waals surface area contributed by atoms with E-state index in [1.165, 1.54) is 43.1 Å². The molecule has 8 nitrogen and oxygen atoms in total. The van der Waals surface area contributed by atoms with Crippen LogP contribution in [0, 0.1) is 5.82 Å². The molecule has 9 heteroatoms. The summed E-state index contributed by atoms with van der Waals surface area (Å²) in [5, 5.41) is 10.0. The fourth-order valence-electron chi connectivity index (χ4n) is 4.13. The number of amides is 2. The molecule has 0 saturated heterocycles. The third-order valence-corrected chi connectivity index (χ3v) is 5.89. The van der Waals surface area contributed by atoms with Crippen LogP contribution in [0.4, 0.5) is 10.1 Å². The second kappa shape index (κ2) is 10.1. The maximum atomic E-state index is 13.1. The topological polar surface area (TPSA) is 97.3 Å². The van der Waals surface area contributed by atoms with Gasteiger partial charge in [0.1, 0.15) is 11.6 Å². The van der Waals surface area contributed by atoms with Crippen LogP contribution in [0.1, 0.15) is 41.6 Å². The lowest BCUT2D eigenvalue weighted by atomic mass is 10.0. The van der Waals surface area contributed by atoms with Gasteiger partial charge in [-0.25, -0.2) is 4.39 Å². The molecule has 4 aromatic carbocycles. The predicted octanol–water partition coefficient (Wildman–Crippen LogP) is 5.40. The van der Waals surface area contributed by atoms with Gasteiger partial charge in [0.2, 0.25) is 18.0 Å². The molecule has 0 radical (unpaired) electrons. The number of nitrogens with one attached hydrogen (secondary N) is 1. The van der Waals surface area contributed by atoms with Crippen molar-refractivity contribution in [1.82, 2.24) is 5.01 Å². The first kappa shape index (κ1) is 24.6. The zero-order valence-electron chi connectivity index (χ0n) is 20.5. The Balaban J connectivity index is 1.43. The number of carbonyl (C=O) groups is 3. The molecule has 1 unspecified atom stereocenters. The highest BCUT2D eigenvalue weighted by Gasteiger charge is 2.35. The summed E-state index contributed by atoms with van der Waals surface area (Å²) >= 11 is 0. The van der Waals surface area contributed by atoms with Gasteiger partial charge in [0, 0.05) is 30.7 Å². The van der Waals surface area contributed by atoms with Gasteiger partial charge in [-0.2, -0.15) is 5.01 Å². The highest BCUT2D eigenvalue weighted by Crippen LogP contribution is 2.36. The molecule has 0 saturated carbocycles. The normalized spacial score (nSPS) is 14.6. The summed E-state index contributed by atoms with van der Waals surface area (Å²) in [4.78, 5) is 36.7. The van der Waals surface area contributed by atoms with Crippen LogP contribution in [0.25, 0.3) is 10.8 Å². The largest absolute Gasteiger partial charge is 0.446 e. The third kappa shape index (κ3) is 4.94. The Morgan fingerprint density at radius 3 is 2.32 bits per heavy atom. The molecule has 1 atom stereocenters. The first-order valence-electron chi connectivity index (χ1n) is 11.7. The third-order valence-electron chi connectivity index (χ3n) is 5.89. The SMILES string of the molecule is CC(=O)Oc1ccc2ccccc2c1C1=NN(C(C)=O)C(c2ccc(NC(=O)c3ccc(F)cc3)cc2)O1. The van der Waals surface area contributed by atoms with E-state index in [4.69, 9.17) is 9.47 Å². The number of halogens is 1. The molecule has 38 heavy (non-hydrogen) atoms. The molecule has 190 valence electrons. The molecular formula is C29H22FN3O5. The van der Waals surface area contributed by atoms with Gasteiger partial charge in [-0.3, -0.25) is 14.4 Å². The molecule has 0 spiro atoms. The molecule has 0 aliphatic carbocycles. The summed E-state index contributed by atoms with van der Waals surface area (Å²) in [5.41, 5.74) is 1.88. The Bertz CT molecular complexity index is 1580. The number of benzene rings is 4. The molecule has 1 heterocycles. The minimum atomic E-state index is -0.881. The summed E-state index contributed by atoms with van der Waals surface area (Å²) in [6.45, 7) is 2.67. The highest BCUT2D eigenvalue weighted by atomic mass is 19.1. The van der Waals surface area contributed by atoms with E-state index < -0.39 is 18.0 Å². The summed E-state index contributed by atoms with van der Waals surface area (Å²) in [5.74, 6) is -1.28. The zero-order valence-corrected chi connectivity index (χ0v) is 20.5. The van der Waals surface area contributed by atoms with E-state index in [1.807, 2.05) is 30.3 Å². The van der Waals surface area contributed by atoms with Crippen LogP contribution in [0.15, 0.2) is 90.0 Å². The first-order valence-corrected chi connectivity index (χ1v) is 11.7. The molecule has 1 N–H and O–H groups in total. The second-order valence-corrected chi connectivity index (χ2v) is 8.58. The Morgan fingerprint density at radius 1 is 0.921 bits per heavy atom. The van der Waals surface area contributed by atoms with Crippen molar-refractivity contribution in [2.24, 2.45) is 5.10 Å². The van der Waals surface area contributed by atoms with Crippen LogP contribution >= 0.6 is 0 Å².